The maximum absolute atomic E-state index is 12.0. The summed E-state index contributed by atoms with van der Waals surface area (Å²) in [5.74, 6) is 3.49. The van der Waals surface area contributed by atoms with Crippen LogP contribution in [0.5, 0.6) is 0 Å². The molecule has 0 aliphatic heterocycles. The normalized spacial score (nSPS) is 17.6. The second-order valence-electron chi connectivity index (χ2n) is 9.70. The van der Waals surface area contributed by atoms with Crippen LogP contribution >= 0.6 is 11.3 Å². The molecule has 8 nitrogen and oxygen atoms in total. The van der Waals surface area contributed by atoms with Gasteiger partial charge < -0.3 is 24.7 Å². The number of carbonyl (C=O) groups is 1. The number of aromatic nitrogens is 2. The number of anilines is 2. The van der Waals surface area contributed by atoms with Crippen LogP contribution in [0.1, 0.15) is 41.1 Å². The van der Waals surface area contributed by atoms with Gasteiger partial charge in [0.05, 0.1) is 19.2 Å². The predicted octanol–water partition coefficient (Wildman–Crippen LogP) is 5.56. The molecule has 1 aliphatic rings. The van der Waals surface area contributed by atoms with Crippen LogP contribution in [0.3, 0.4) is 0 Å². The molecule has 1 aromatic carbocycles. The van der Waals surface area contributed by atoms with E-state index >= 15 is 0 Å². The lowest BCUT2D eigenvalue weighted by atomic mass is 9.86. The molecule has 1 aliphatic carbocycles. The van der Waals surface area contributed by atoms with Crippen molar-refractivity contribution in [2.75, 3.05) is 38.0 Å². The number of hydrogen-bond acceptors (Lipinski definition) is 9. The molecule has 9 heteroatoms. The van der Waals surface area contributed by atoms with E-state index in [1.54, 1.807) is 0 Å². The molecule has 0 atom stereocenters. The monoisotopic (exact) mass is 519 g/mol. The highest BCUT2D eigenvalue weighted by atomic mass is 32.1. The quantitative estimate of drug-likeness (QED) is 0.278. The van der Waals surface area contributed by atoms with Gasteiger partial charge in [0.25, 0.3) is 0 Å². The molecule has 0 radical (unpaired) electrons. The largest absolute Gasteiger partial charge is 0.465 e. The number of nitrogens with one attached hydrogen (secondary N) is 2. The van der Waals surface area contributed by atoms with Gasteiger partial charge in [-0.05, 0) is 73.9 Å². The molecule has 2 N–H and O–H groups in total. The van der Waals surface area contributed by atoms with Gasteiger partial charge in [0.2, 0.25) is 5.95 Å². The molecular formula is C28H33N5O3S. The highest BCUT2D eigenvalue weighted by Crippen LogP contribution is 2.31. The number of rotatable bonds is 9. The summed E-state index contributed by atoms with van der Waals surface area (Å²) >= 11 is 1.36. The number of para-hydroxylation sites is 1. The second kappa shape index (κ2) is 11.3. The van der Waals surface area contributed by atoms with E-state index in [-0.39, 0.29) is 5.97 Å². The fraction of sp³-hybridized carbons (Fsp3) is 0.393. The van der Waals surface area contributed by atoms with Gasteiger partial charge >= 0.3 is 5.97 Å². The van der Waals surface area contributed by atoms with Crippen LogP contribution in [-0.4, -0.2) is 49.7 Å². The van der Waals surface area contributed by atoms with Crippen LogP contribution in [0.25, 0.3) is 22.2 Å². The van der Waals surface area contributed by atoms with E-state index in [4.69, 9.17) is 19.1 Å². The lowest BCUT2D eigenvalue weighted by Crippen LogP contribution is -2.31. The van der Waals surface area contributed by atoms with Crippen molar-refractivity contribution in [3.05, 3.63) is 58.5 Å². The summed E-state index contributed by atoms with van der Waals surface area (Å²) in [5, 5.41) is 10.1. The third kappa shape index (κ3) is 5.78. The van der Waals surface area contributed by atoms with Crippen molar-refractivity contribution in [3.63, 3.8) is 0 Å². The number of thiophene rings is 1. The van der Waals surface area contributed by atoms with Crippen LogP contribution in [0, 0.1) is 5.92 Å². The number of methoxy groups -OCH3 is 1. The van der Waals surface area contributed by atoms with Gasteiger partial charge in [-0.15, -0.1) is 11.3 Å². The Morgan fingerprint density at radius 2 is 1.92 bits per heavy atom. The summed E-state index contributed by atoms with van der Waals surface area (Å²) in [7, 11) is 5.43. The molecular weight excluding hydrogens is 486 g/mol. The zero-order valence-corrected chi connectivity index (χ0v) is 22.3. The van der Waals surface area contributed by atoms with Crippen molar-refractivity contribution in [1.82, 2.24) is 15.3 Å². The second-order valence-corrected chi connectivity index (χ2v) is 10.6. The Bertz CT molecular complexity index is 1360. The zero-order valence-electron chi connectivity index (χ0n) is 21.5. The maximum atomic E-state index is 12.0. The first-order valence-corrected chi connectivity index (χ1v) is 13.6. The summed E-state index contributed by atoms with van der Waals surface area (Å²) < 4.78 is 10.9. The number of benzene rings is 1. The third-order valence-electron chi connectivity index (χ3n) is 6.88. The van der Waals surface area contributed by atoms with Crippen LogP contribution < -0.4 is 15.5 Å². The highest BCUT2D eigenvalue weighted by molar-refractivity contribution is 7.12. The number of hydrogen-bond donors (Lipinski definition) is 2. The standard InChI is InChI=1S/C28H33N5O3S/c1-33(2)26-21-6-4-5-7-23(21)31-28(32-26)30-19-10-8-18(9-11-19)16-29-17-20-12-13-24(36-20)22-14-15-37-25(22)27(34)35-3/h4-7,12-15,18-19,29H,8-11,16-17H2,1-3H3,(H,30,31,32)/t18-,19+. The van der Waals surface area contributed by atoms with Crippen molar-refractivity contribution in [2.45, 2.75) is 38.3 Å². The molecule has 0 spiro atoms. The van der Waals surface area contributed by atoms with Gasteiger partial charge in [0, 0.05) is 31.1 Å². The molecule has 0 saturated heterocycles. The van der Waals surface area contributed by atoms with Crippen molar-refractivity contribution in [2.24, 2.45) is 5.92 Å². The minimum absolute atomic E-state index is 0.337. The first kappa shape index (κ1) is 25.2. The predicted molar refractivity (Wildman–Crippen MR) is 148 cm³/mol. The number of furan rings is 1. The van der Waals surface area contributed by atoms with E-state index in [9.17, 15) is 4.79 Å². The van der Waals surface area contributed by atoms with Gasteiger partial charge in [-0.25, -0.2) is 9.78 Å². The average Bonchev–Trinajstić information content (AvgIpc) is 3.58. The number of fused-ring (bicyclic) bond motifs is 1. The fourth-order valence-electron chi connectivity index (χ4n) is 4.93. The summed E-state index contributed by atoms with van der Waals surface area (Å²) in [6, 6.07) is 14.3. The Hall–Kier alpha value is -3.43. The lowest BCUT2D eigenvalue weighted by molar-refractivity contribution is 0.0607. The van der Waals surface area contributed by atoms with Gasteiger partial charge in [0.15, 0.2) is 0 Å². The van der Waals surface area contributed by atoms with Gasteiger partial charge in [-0.3, -0.25) is 0 Å². The van der Waals surface area contributed by atoms with E-state index in [0.717, 1.165) is 60.3 Å². The molecule has 3 aromatic heterocycles. The molecule has 0 amide bonds. The first-order chi connectivity index (χ1) is 18.0. The van der Waals surface area contributed by atoms with E-state index in [0.29, 0.717) is 35.1 Å². The fourth-order valence-corrected chi connectivity index (χ4v) is 5.75. The van der Waals surface area contributed by atoms with E-state index in [1.807, 2.05) is 60.8 Å². The topological polar surface area (TPSA) is 92.5 Å². The number of nitrogens with zero attached hydrogens (tertiary/aromatic N) is 3. The molecule has 37 heavy (non-hydrogen) atoms. The van der Waals surface area contributed by atoms with Gasteiger partial charge in [-0.1, -0.05) is 12.1 Å². The van der Waals surface area contributed by atoms with Crippen LogP contribution in [0.4, 0.5) is 11.8 Å². The molecule has 0 unspecified atom stereocenters. The summed E-state index contributed by atoms with van der Waals surface area (Å²) in [4.78, 5) is 24.1. The summed E-state index contributed by atoms with van der Waals surface area (Å²) in [6.07, 6.45) is 4.50. The lowest BCUT2D eigenvalue weighted by Gasteiger charge is -2.29. The Morgan fingerprint density at radius 3 is 2.70 bits per heavy atom. The maximum Gasteiger partial charge on any atom is 0.348 e. The minimum atomic E-state index is -0.337. The molecule has 3 heterocycles. The van der Waals surface area contributed by atoms with Crippen molar-refractivity contribution < 1.29 is 13.9 Å². The summed E-state index contributed by atoms with van der Waals surface area (Å²) in [6.45, 7) is 1.61. The SMILES string of the molecule is COC(=O)c1sccc1-c1ccc(CNC[C@H]2CC[C@@H](Nc3nc(N(C)C)c4ccccc4n3)CC2)o1. The van der Waals surface area contributed by atoms with Crippen molar-refractivity contribution in [1.29, 1.82) is 0 Å². The van der Waals surface area contributed by atoms with Crippen LogP contribution in [-0.2, 0) is 11.3 Å². The number of carbonyl (C=O) groups excluding carboxylic acids is 1. The van der Waals surface area contributed by atoms with E-state index < -0.39 is 0 Å². The molecule has 1 saturated carbocycles. The number of ether oxygens (including phenoxy) is 1. The molecule has 4 aromatic rings. The first-order valence-electron chi connectivity index (χ1n) is 12.7. The molecule has 0 bridgehead atoms. The highest BCUT2D eigenvalue weighted by Gasteiger charge is 2.22. The third-order valence-corrected chi connectivity index (χ3v) is 7.78. The van der Waals surface area contributed by atoms with Gasteiger partial charge in [0.1, 0.15) is 22.2 Å². The van der Waals surface area contributed by atoms with Gasteiger partial charge in [-0.2, -0.15) is 4.98 Å². The molecule has 1 fully saturated rings. The Kier molecular flexibility index (Phi) is 7.71. The molecule has 194 valence electrons. The van der Waals surface area contributed by atoms with Crippen LogP contribution in [0.15, 0.2) is 52.3 Å². The Labute approximate surface area is 221 Å². The summed E-state index contributed by atoms with van der Waals surface area (Å²) in [5.41, 5.74) is 1.74. The number of esters is 1. The Balaban J connectivity index is 1.10. The smallest absolute Gasteiger partial charge is 0.348 e. The molecule has 5 rings (SSSR count). The Morgan fingerprint density at radius 1 is 1.11 bits per heavy atom. The van der Waals surface area contributed by atoms with Crippen molar-refractivity contribution in [3.8, 4) is 11.3 Å². The van der Waals surface area contributed by atoms with E-state index in [2.05, 4.69) is 16.7 Å². The van der Waals surface area contributed by atoms with Crippen LogP contribution in [0.2, 0.25) is 0 Å². The van der Waals surface area contributed by atoms with E-state index in [1.165, 1.54) is 18.4 Å². The minimum Gasteiger partial charge on any atom is -0.465 e. The zero-order chi connectivity index (χ0) is 25.8. The van der Waals surface area contributed by atoms with Crippen molar-refractivity contribution >= 4 is 40.0 Å². The average molecular weight is 520 g/mol.